The molecule has 0 heterocycles. The van der Waals surface area contributed by atoms with Gasteiger partial charge >= 0.3 is 0 Å². The Morgan fingerprint density at radius 1 is 1.11 bits per heavy atom. The summed E-state index contributed by atoms with van der Waals surface area (Å²) in [5.74, 6) is 0.881. The molecule has 0 bridgehead atoms. The van der Waals surface area contributed by atoms with Gasteiger partial charge in [-0.3, -0.25) is 0 Å². The van der Waals surface area contributed by atoms with Crippen molar-refractivity contribution >= 4 is 5.69 Å². The average molecular weight is 252 g/mol. The topological polar surface area (TPSA) is 45.0 Å². The van der Waals surface area contributed by atoms with Gasteiger partial charge in [0.1, 0.15) is 11.8 Å². The molecule has 0 fully saturated rings. The molecule has 3 nitrogen and oxygen atoms in total. The van der Waals surface area contributed by atoms with Gasteiger partial charge in [-0.2, -0.15) is 5.26 Å². The molecule has 2 rings (SSSR count). The first kappa shape index (κ1) is 13.0. The summed E-state index contributed by atoms with van der Waals surface area (Å²) in [6, 6.07) is 17.6. The van der Waals surface area contributed by atoms with Gasteiger partial charge in [0.05, 0.1) is 17.9 Å². The van der Waals surface area contributed by atoms with Gasteiger partial charge in [0.15, 0.2) is 0 Å². The van der Waals surface area contributed by atoms with E-state index in [1.807, 2.05) is 49.4 Å². The lowest BCUT2D eigenvalue weighted by molar-refractivity contribution is 0.337. The Morgan fingerprint density at radius 3 is 2.63 bits per heavy atom. The molecular weight excluding hydrogens is 236 g/mol. The zero-order valence-electron chi connectivity index (χ0n) is 10.9. The van der Waals surface area contributed by atoms with Crippen LogP contribution in [-0.2, 0) is 6.54 Å². The molecule has 0 spiro atoms. The van der Waals surface area contributed by atoms with E-state index in [0.717, 1.165) is 17.0 Å². The fourth-order valence-corrected chi connectivity index (χ4v) is 1.87. The van der Waals surface area contributed by atoms with E-state index in [9.17, 15) is 0 Å². The lowest BCUT2D eigenvalue weighted by Crippen LogP contribution is -2.04. The van der Waals surface area contributed by atoms with Crippen molar-refractivity contribution in [1.82, 2.24) is 0 Å². The quantitative estimate of drug-likeness (QED) is 0.884. The third-order valence-corrected chi connectivity index (χ3v) is 2.79. The summed E-state index contributed by atoms with van der Waals surface area (Å²) < 4.78 is 5.58. The number of nitriles is 1. The van der Waals surface area contributed by atoms with E-state index >= 15 is 0 Å². The van der Waals surface area contributed by atoms with E-state index in [2.05, 4.69) is 11.4 Å². The van der Waals surface area contributed by atoms with E-state index in [1.165, 1.54) is 0 Å². The van der Waals surface area contributed by atoms with Gasteiger partial charge in [-0.25, -0.2) is 0 Å². The van der Waals surface area contributed by atoms with Crippen LogP contribution in [0.25, 0.3) is 0 Å². The van der Waals surface area contributed by atoms with E-state index in [0.29, 0.717) is 18.7 Å². The Labute approximate surface area is 113 Å². The minimum absolute atomic E-state index is 0.634. The standard InChI is InChI=1S/C16H16N2O/c1-2-19-16-10-6-4-8-14(16)12-18-15-9-5-3-7-13(15)11-17/h3-10,18H,2,12H2,1H3. The zero-order chi connectivity index (χ0) is 13.5. The molecule has 0 aromatic heterocycles. The summed E-state index contributed by atoms with van der Waals surface area (Å²) in [6.45, 7) is 3.25. The molecule has 1 N–H and O–H groups in total. The Bertz CT molecular complexity index is 587. The van der Waals surface area contributed by atoms with Crippen LogP contribution in [-0.4, -0.2) is 6.61 Å². The second kappa shape index (κ2) is 6.46. The molecule has 0 amide bonds. The van der Waals surface area contributed by atoms with E-state index in [1.54, 1.807) is 6.07 Å². The third kappa shape index (κ3) is 3.26. The molecule has 2 aromatic carbocycles. The Hall–Kier alpha value is -2.47. The first-order chi connectivity index (χ1) is 9.35. The maximum atomic E-state index is 9.04. The van der Waals surface area contributed by atoms with Crippen LogP contribution in [0.1, 0.15) is 18.1 Å². The first-order valence-corrected chi connectivity index (χ1v) is 6.29. The molecule has 0 radical (unpaired) electrons. The van der Waals surface area contributed by atoms with Crippen LogP contribution in [0.15, 0.2) is 48.5 Å². The number of benzene rings is 2. The minimum Gasteiger partial charge on any atom is -0.494 e. The predicted molar refractivity (Wildman–Crippen MR) is 76.1 cm³/mol. The summed E-state index contributed by atoms with van der Waals surface area (Å²) in [7, 11) is 0. The van der Waals surface area contributed by atoms with Crippen molar-refractivity contribution in [2.75, 3.05) is 11.9 Å². The molecule has 0 unspecified atom stereocenters. The van der Waals surface area contributed by atoms with Crippen molar-refractivity contribution < 1.29 is 4.74 Å². The molecular formula is C16H16N2O. The van der Waals surface area contributed by atoms with E-state index in [4.69, 9.17) is 10.00 Å². The summed E-state index contributed by atoms with van der Waals surface area (Å²) in [6.07, 6.45) is 0. The van der Waals surface area contributed by atoms with E-state index in [-0.39, 0.29) is 0 Å². The van der Waals surface area contributed by atoms with Gasteiger partial charge in [-0.15, -0.1) is 0 Å². The van der Waals surface area contributed by atoms with Crippen LogP contribution in [0, 0.1) is 11.3 Å². The first-order valence-electron chi connectivity index (χ1n) is 6.29. The van der Waals surface area contributed by atoms with Crippen molar-refractivity contribution in [2.45, 2.75) is 13.5 Å². The maximum absolute atomic E-state index is 9.04. The Morgan fingerprint density at radius 2 is 1.84 bits per heavy atom. The Balaban J connectivity index is 2.13. The highest BCUT2D eigenvalue weighted by Crippen LogP contribution is 2.20. The fraction of sp³-hybridized carbons (Fsp3) is 0.188. The lowest BCUT2D eigenvalue weighted by Gasteiger charge is -2.12. The minimum atomic E-state index is 0.634. The molecule has 0 aliphatic rings. The maximum Gasteiger partial charge on any atom is 0.124 e. The number of anilines is 1. The van der Waals surface area contributed by atoms with Crippen LogP contribution >= 0.6 is 0 Å². The highest BCUT2D eigenvalue weighted by Gasteiger charge is 2.04. The zero-order valence-corrected chi connectivity index (χ0v) is 10.9. The highest BCUT2D eigenvalue weighted by molar-refractivity contribution is 5.57. The van der Waals surface area contributed by atoms with Gasteiger partial charge in [-0.1, -0.05) is 30.3 Å². The number of nitrogens with one attached hydrogen (secondary N) is 1. The largest absolute Gasteiger partial charge is 0.494 e. The molecule has 3 heteroatoms. The summed E-state index contributed by atoms with van der Waals surface area (Å²) in [4.78, 5) is 0. The Kier molecular flexibility index (Phi) is 4.41. The number of hydrogen-bond donors (Lipinski definition) is 1. The van der Waals surface area contributed by atoms with Gasteiger partial charge < -0.3 is 10.1 Å². The van der Waals surface area contributed by atoms with Crippen LogP contribution in [0.3, 0.4) is 0 Å². The van der Waals surface area contributed by atoms with Gasteiger partial charge in [0, 0.05) is 12.1 Å². The van der Waals surface area contributed by atoms with Crippen LogP contribution in [0.5, 0.6) is 5.75 Å². The molecule has 0 saturated carbocycles. The fourth-order valence-electron chi connectivity index (χ4n) is 1.87. The van der Waals surface area contributed by atoms with Crippen LogP contribution in [0.2, 0.25) is 0 Å². The molecule has 0 saturated heterocycles. The van der Waals surface area contributed by atoms with Gasteiger partial charge in [-0.05, 0) is 25.1 Å². The van der Waals surface area contributed by atoms with Crippen molar-refractivity contribution in [3.8, 4) is 11.8 Å². The second-order valence-electron chi connectivity index (χ2n) is 4.05. The van der Waals surface area contributed by atoms with Crippen LogP contribution in [0.4, 0.5) is 5.69 Å². The smallest absolute Gasteiger partial charge is 0.124 e. The summed E-state index contributed by atoms with van der Waals surface area (Å²) >= 11 is 0. The molecule has 0 atom stereocenters. The van der Waals surface area contributed by atoms with Crippen molar-refractivity contribution in [3.63, 3.8) is 0 Å². The second-order valence-corrected chi connectivity index (χ2v) is 4.05. The summed E-state index contributed by atoms with van der Waals surface area (Å²) in [5.41, 5.74) is 2.57. The highest BCUT2D eigenvalue weighted by atomic mass is 16.5. The normalized spacial score (nSPS) is 9.68. The van der Waals surface area contributed by atoms with E-state index < -0.39 is 0 Å². The monoisotopic (exact) mass is 252 g/mol. The van der Waals surface area contributed by atoms with Crippen molar-refractivity contribution in [1.29, 1.82) is 5.26 Å². The molecule has 0 aliphatic carbocycles. The number of rotatable bonds is 5. The SMILES string of the molecule is CCOc1ccccc1CNc1ccccc1C#N. The lowest BCUT2D eigenvalue weighted by atomic mass is 10.1. The average Bonchev–Trinajstić information content (AvgIpc) is 2.47. The number of nitrogens with zero attached hydrogens (tertiary/aromatic N) is 1. The molecule has 19 heavy (non-hydrogen) atoms. The van der Waals surface area contributed by atoms with Gasteiger partial charge in [0.25, 0.3) is 0 Å². The van der Waals surface area contributed by atoms with Crippen molar-refractivity contribution in [3.05, 3.63) is 59.7 Å². The number of ether oxygens (including phenoxy) is 1. The molecule has 2 aromatic rings. The molecule has 96 valence electrons. The predicted octanol–water partition coefficient (Wildman–Crippen LogP) is 3.57. The molecule has 0 aliphatic heterocycles. The van der Waals surface area contributed by atoms with Gasteiger partial charge in [0.2, 0.25) is 0 Å². The third-order valence-electron chi connectivity index (χ3n) is 2.79. The summed E-state index contributed by atoms with van der Waals surface area (Å²) in [5, 5.41) is 12.3. The number of hydrogen-bond acceptors (Lipinski definition) is 3. The van der Waals surface area contributed by atoms with Crippen molar-refractivity contribution in [2.24, 2.45) is 0 Å². The van der Waals surface area contributed by atoms with Crippen LogP contribution < -0.4 is 10.1 Å². The number of para-hydroxylation sites is 2.